The summed E-state index contributed by atoms with van der Waals surface area (Å²) in [7, 11) is 1.61. The molecule has 0 unspecified atom stereocenters. The fourth-order valence-electron chi connectivity index (χ4n) is 3.42. The Hall–Kier alpha value is -2.70. The molecule has 3 rings (SSSR count). The van der Waals surface area contributed by atoms with Crippen LogP contribution in [-0.4, -0.2) is 48.4 Å². The fraction of sp³-hybridized carbons (Fsp3) is 0.474. The Morgan fingerprint density at radius 3 is 2.54 bits per heavy atom. The molecule has 1 fully saturated rings. The van der Waals surface area contributed by atoms with E-state index >= 15 is 0 Å². The van der Waals surface area contributed by atoms with Crippen molar-refractivity contribution < 1.29 is 19.1 Å². The van der Waals surface area contributed by atoms with E-state index in [0.717, 1.165) is 11.3 Å². The first-order valence-electron chi connectivity index (χ1n) is 8.83. The SMILES string of the molecule is COc1ccc(C(=O)C2CCN(C(=O)C3=NNC(=O)CC3)CC2)cc1C. The first-order valence-corrected chi connectivity index (χ1v) is 8.83. The zero-order valence-corrected chi connectivity index (χ0v) is 15.1. The number of methoxy groups -OCH3 is 1. The molecule has 1 aromatic carbocycles. The van der Waals surface area contributed by atoms with Crippen LogP contribution in [0.25, 0.3) is 0 Å². The average Bonchev–Trinajstić information content (AvgIpc) is 2.67. The Kier molecular flexibility index (Phi) is 5.35. The second-order valence-corrected chi connectivity index (χ2v) is 6.71. The molecule has 2 amide bonds. The summed E-state index contributed by atoms with van der Waals surface area (Å²) in [4.78, 5) is 38.1. The predicted molar refractivity (Wildman–Crippen MR) is 96.2 cm³/mol. The lowest BCUT2D eigenvalue weighted by Crippen LogP contribution is -2.45. The van der Waals surface area contributed by atoms with Crippen molar-refractivity contribution in [2.24, 2.45) is 11.0 Å². The van der Waals surface area contributed by atoms with Crippen LogP contribution in [0.15, 0.2) is 23.3 Å². The number of ether oxygens (including phenoxy) is 1. The van der Waals surface area contributed by atoms with Crippen LogP contribution in [0.3, 0.4) is 0 Å². The molecule has 0 aliphatic carbocycles. The zero-order chi connectivity index (χ0) is 18.7. The first-order chi connectivity index (χ1) is 12.5. The van der Waals surface area contributed by atoms with Crippen molar-refractivity contribution in [1.29, 1.82) is 0 Å². The highest BCUT2D eigenvalue weighted by Crippen LogP contribution is 2.25. The van der Waals surface area contributed by atoms with Gasteiger partial charge in [-0.25, -0.2) is 5.43 Å². The van der Waals surface area contributed by atoms with Gasteiger partial charge in [-0.05, 0) is 43.5 Å². The lowest BCUT2D eigenvalue weighted by molar-refractivity contribution is -0.125. The topological polar surface area (TPSA) is 88.1 Å². The third-order valence-electron chi connectivity index (χ3n) is 4.98. The number of nitrogens with one attached hydrogen (secondary N) is 1. The Bertz CT molecular complexity index is 764. The quantitative estimate of drug-likeness (QED) is 0.831. The number of Topliss-reactive ketones (excluding diaryl/α,β-unsaturated/α-hetero) is 1. The molecular formula is C19H23N3O4. The third-order valence-corrected chi connectivity index (χ3v) is 4.98. The minimum Gasteiger partial charge on any atom is -0.496 e. The maximum Gasteiger partial charge on any atom is 0.270 e. The maximum atomic E-state index is 12.8. The lowest BCUT2D eigenvalue weighted by atomic mass is 9.88. The van der Waals surface area contributed by atoms with E-state index < -0.39 is 0 Å². The molecule has 1 N–H and O–H groups in total. The van der Waals surface area contributed by atoms with Gasteiger partial charge < -0.3 is 9.64 Å². The van der Waals surface area contributed by atoms with Crippen molar-refractivity contribution in [3.8, 4) is 5.75 Å². The van der Waals surface area contributed by atoms with Crippen LogP contribution in [0, 0.1) is 12.8 Å². The lowest BCUT2D eigenvalue weighted by Gasteiger charge is -2.32. The number of benzene rings is 1. The summed E-state index contributed by atoms with van der Waals surface area (Å²) in [6.07, 6.45) is 1.93. The van der Waals surface area contributed by atoms with Crippen molar-refractivity contribution in [3.05, 3.63) is 29.3 Å². The number of hydrogen-bond donors (Lipinski definition) is 1. The highest BCUT2D eigenvalue weighted by Gasteiger charge is 2.30. The minimum absolute atomic E-state index is 0.0835. The van der Waals surface area contributed by atoms with Crippen molar-refractivity contribution in [1.82, 2.24) is 10.3 Å². The molecule has 2 aliphatic heterocycles. The Labute approximate surface area is 152 Å². The van der Waals surface area contributed by atoms with Gasteiger partial charge in [0.25, 0.3) is 5.91 Å². The van der Waals surface area contributed by atoms with Crippen LogP contribution in [0.2, 0.25) is 0 Å². The molecule has 0 saturated carbocycles. The molecule has 7 nitrogen and oxygen atoms in total. The Morgan fingerprint density at radius 2 is 1.96 bits per heavy atom. The first kappa shape index (κ1) is 18.1. The van der Waals surface area contributed by atoms with E-state index in [1.165, 1.54) is 0 Å². The van der Waals surface area contributed by atoms with E-state index in [0.29, 0.717) is 43.6 Å². The molecule has 0 radical (unpaired) electrons. The number of amides is 2. The van der Waals surface area contributed by atoms with Gasteiger partial charge in [0.1, 0.15) is 11.5 Å². The van der Waals surface area contributed by atoms with E-state index in [1.54, 1.807) is 18.1 Å². The molecule has 138 valence electrons. The van der Waals surface area contributed by atoms with Crippen molar-refractivity contribution in [3.63, 3.8) is 0 Å². The van der Waals surface area contributed by atoms with Crippen LogP contribution in [-0.2, 0) is 9.59 Å². The highest BCUT2D eigenvalue weighted by molar-refractivity contribution is 6.39. The molecule has 1 aromatic rings. The van der Waals surface area contributed by atoms with Gasteiger partial charge in [0.05, 0.1) is 7.11 Å². The van der Waals surface area contributed by atoms with Gasteiger partial charge in [-0.1, -0.05) is 0 Å². The van der Waals surface area contributed by atoms with Crippen LogP contribution < -0.4 is 10.2 Å². The largest absolute Gasteiger partial charge is 0.496 e. The van der Waals surface area contributed by atoms with Crippen LogP contribution in [0.1, 0.15) is 41.6 Å². The summed E-state index contributed by atoms with van der Waals surface area (Å²) in [6, 6.07) is 5.47. The van der Waals surface area contributed by atoms with E-state index in [9.17, 15) is 14.4 Å². The average molecular weight is 357 g/mol. The maximum absolute atomic E-state index is 12.8. The normalized spacial score (nSPS) is 18.2. The van der Waals surface area contributed by atoms with E-state index in [2.05, 4.69) is 10.5 Å². The van der Waals surface area contributed by atoms with Gasteiger partial charge in [0.2, 0.25) is 5.91 Å². The predicted octanol–water partition coefficient (Wildman–Crippen LogP) is 1.69. The van der Waals surface area contributed by atoms with Gasteiger partial charge in [-0.3, -0.25) is 14.4 Å². The number of likely N-dealkylation sites (tertiary alicyclic amines) is 1. The van der Waals surface area contributed by atoms with Crippen molar-refractivity contribution >= 4 is 23.3 Å². The van der Waals surface area contributed by atoms with Gasteiger partial charge in [-0.15, -0.1) is 0 Å². The van der Waals surface area contributed by atoms with Crippen LogP contribution in [0.5, 0.6) is 5.75 Å². The Balaban J connectivity index is 1.59. The second kappa shape index (κ2) is 7.68. The summed E-state index contributed by atoms with van der Waals surface area (Å²) >= 11 is 0. The summed E-state index contributed by atoms with van der Waals surface area (Å²) < 4.78 is 5.24. The second-order valence-electron chi connectivity index (χ2n) is 6.71. The number of aryl methyl sites for hydroxylation is 1. The minimum atomic E-state index is -0.166. The van der Waals surface area contributed by atoms with Gasteiger partial charge >= 0.3 is 0 Å². The molecular weight excluding hydrogens is 334 g/mol. The molecule has 0 spiro atoms. The van der Waals surface area contributed by atoms with E-state index in [1.807, 2.05) is 19.1 Å². The monoisotopic (exact) mass is 357 g/mol. The number of hydrazone groups is 1. The summed E-state index contributed by atoms with van der Waals surface area (Å²) in [6.45, 7) is 2.97. The van der Waals surface area contributed by atoms with Crippen LogP contribution in [0.4, 0.5) is 0 Å². The molecule has 2 aliphatic rings. The highest BCUT2D eigenvalue weighted by atomic mass is 16.5. The number of carbonyl (C=O) groups excluding carboxylic acids is 3. The van der Waals surface area contributed by atoms with E-state index in [4.69, 9.17) is 4.74 Å². The molecule has 1 saturated heterocycles. The fourth-order valence-corrected chi connectivity index (χ4v) is 3.42. The number of carbonyl (C=O) groups is 3. The number of ketones is 1. The third kappa shape index (κ3) is 3.76. The van der Waals surface area contributed by atoms with Crippen molar-refractivity contribution in [2.75, 3.05) is 20.2 Å². The Morgan fingerprint density at radius 1 is 1.23 bits per heavy atom. The standard InChI is InChI=1S/C19H23N3O4/c1-12-11-14(3-5-16(12)26-2)18(24)13-7-9-22(10-8-13)19(25)15-4-6-17(23)21-20-15/h3,5,11,13H,4,6-10H2,1-2H3,(H,21,23). The molecule has 0 atom stereocenters. The molecule has 7 heteroatoms. The molecule has 2 heterocycles. The number of hydrogen-bond acceptors (Lipinski definition) is 5. The van der Waals surface area contributed by atoms with Crippen molar-refractivity contribution in [2.45, 2.75) is 32.6 Å². The number of nitrogens with zero attached hydrogens (tertiary/aromatic N) is 2. The van der Waals surface area contributed by atoms with Gasteiger partial charge in [0.15, 0.2) is 5.78 Å². The number of piperidine rings is 1. The summed E-state index contributed by atoms with van der Waals surface area (Å²) in [5, 5.41) is 3.86. The zero-order valence-electron chi connectivity index (χ0n) is 15.1. The smallest absolute Gasteiger partial charge is 0.270 e. The van der Waals surface area contributed by atoms with E-state index in [-0.39, 0.29) is 29.9 Å². The van der Waals surface area contributed by atoms with Gasteiger partial charge in [-0.2, -0.15) is 5.10 Å². The summed E-state index contributed by atoms with van der Waals surface area (Å²) in [5.41, 5.74) is 4.36. The summed E-state index contributed by atoms with van der Waals surface area (Å²) in [5.74, 6) is 0.490. The van der Waals surface area contributed by atoms with Crippen LogP contribution >= 0.6 is 0 Å². The van der Waals surface area contributed by atoms with Gasteiger partial charge in [0, 0.05) is 37.4 Å². The molecule has 0 aromatic heterocycles. The molecule has 0 bridgehead atoms. The molecule has 26 heavy (non-hydrogen) atoms. The number of rotatable bonds is 4.